The molecule has 1 aromatic carbocycles. The van der Waals surface area contributed by atoms with Gasteiger partial charge in [0.1, 0.15) is 0 Å². The van der Waals surface area contributed by atoms with Crippen LogP contribution in [0.3, 0.4) is 0 Å². The van der Waals surface area contributed by atoms with Crippen molar-refractivity contribution < 1.29 is 4.79 Å². The number of hydrogen-bond acceptors (Lipinski definition) is 3. The average Bonchev–Trinajstić information content (AvgIpc) is 2.99. The van der Waals surface area contributed by atoms with Crippen LogP contribution in [0.5, 0.6) is 0 Å². The first-order valence-electron chi connectivity index (χ1n) is 6.63. The molecule has 2 rings (SSSR count). The van der Waals surface area contributed by atoms with Gasteiger partial charge < -0.3 is 10.2 Å². The summed E-state index contributed by atoms with van der Waals surface area (Å²) in [5.41, 5.74) is 2.86. The van der Waals surface area contributed by atoms with Crippen molar-refractivity contribution in [3.8, 4) is 0 Å². The van der Waals surface area contributed by atoms with E-state index in [1.54, 1.807) is 16.2 Å². The number of hydrogen-bond donors (Lipinski definition) is 1. The Morgan fingerprint density at radius 3 is 2.65 bits per heavy atom. The molecular formula is C16H20N2OS. The van der Waals surface area contributed by atoms with Gasteiger partial charge in [0, 0.05) is 30.2 Å². The maximum absolute atomic E-state index is 12.5. The van der Waals surface area contributed by atoms with Gasteiger partial charge in [-0.05, 0) is 49.1 Å². The lowest BCUT2D eigenvalue weighted by Crippen LogP contribution is -2.29. The Morgan fingerprint density at radius 2 is 2.10 bits per heavy atom. The van der Waals surface area contributed by atoms with Crippen molar-refractivity contribution in [3.63, 3.8) is 0 Å². The monoisotopic (exact) mass is 288 g/mol. The van der Waals surface area contributed by atoms with Crippen molar-refractivity contribution in [1.82, 2.24) is 4.90 Å². The molecule has 106 valence electrons. The van der Waals surface area contributed by atoms with Gasteiger partial charge in [-0.25, -0.2) is 0 Å². The third kappa shape index (κ3) is 2.85. The molecule has 0 radical (unpaired) electrons. The first kappa shape index (κ1) is 14.6. The van der Waals surface area contributed by atoms with Crippen molar-refractivity contribution in [2.75, 3.05) is 19.4 Å². The van der Waals surface area contributed by atoms with Gasteiger partial charge in [0.05, 0.1) is 6.04 Å². The summed E-state index contributed by atoms with van der Waals surface area (Å²) < 4.78 is 0. The summed E-state index contributed by atoms with van der Waals surface area (Å²) in [7, 11) is 3.74. The molecular weight excluding hydrogens is 268 g/mol. The Kier molecular flexibility index (Phi) is 4.45. The Bertz CT molecular complexity index is 593. The highest BCUT2D eigenvalue weighted by molar-refractivity contribution is 7.10. The zero-order valence-corrected chi connectivity index (χ0v) is 13.1. The fraction of sp³-hybridized carbons (Fsp3) is 0.312. The highest BCUT2D eigenvalue weighted by Gasteiger charge is 2.19. The number of nitrogens with zero attached hydrogens (tertiary/aromatic N) is 1. The fourth-order valence-electron chi connectivity index (χ4n) is 2.18. The van der Waals surface area contributed by atoms with Crippen LogP contribution < -0.4 is 5.32 Å². The smallest absolute Gasteiger partial charge is 0.254 e. The summed E-state index contributed by atoms with van der Waals surface area (Å²) in [5.74, 6) is 0.0525. The van der Waals surface area contributed by atoms with Gasteiger partial charge in [-0.15, -0.1) is 11.3 Å². The van der Waals surface area contributed by atoms with Crippen LogP contribution >= 0.6 is 11.3 Å². The van der Waals surface area contributed by atoms with E-state index in [-0.39, 0.29) is 11.9 Å². The molecule has 2 aromatic rings. The minimum absolute atomic E-state index is 0.0525. The van der Waals surface area contributed by atoms with Gasteiger partial charge in [0.2, 0.25) is 0 Å². The van der Waals surface area contributed by atoms with Crippen LogP contribution in [0.4, 0.5) is 5.69 Å². The molecule has 0 saturated carbocycles. The summed E-state index contributed by atoms with van der Waals surface area (Å²) in [6.07, 6.45) is 0. The van der Waals surface area contributed by atoms with E-state index < -0.39 is 0 Å². The van der Waals surface area contributed by atoms with Crippen molar-refractivity contribution >= 4 is 22.9 Å². The number of anilines is 1. The molecule has 1 unspecified atom stereocenters. The number of thiophene rings is 1. The van der Waals surface area contributed by atoms with Crippen LogP contribution in [0.2, 0.25) is 0 Å². The maximum Gasteiger partial charge on any atom is 0.254 e. The van der Waals surface area contributed by atoms with E-state index in [2.05, 4.69) is 18.3 Å². The Hall–Kier alpha value is -1.81. The molecule has 0 spiro atoms. The Balaban J connectivity index is 2.20. The summed E-state index contributed by atoms with van der Waals surface area (Å²) in [5, 5.41) is 5.15. The third-order valence-corrected chi connectivity index (χ3v) is 4.64. The number of rotatable bonds is 4. The minimum Gasteiger partial charge on any atom is -0.388 e. The molecule has 20 heavy (non-hydrogen) atoms. The summed E-state index contributed by atoms with van der Waals surface area (Å²) in [4.78, 5) is 15.5. The van der Waals surface area contributed by atoms with Crippen molar-refractivity contribution in [3.05, 3.63) is 51.7 Å². The van der Waals surface area contributed by atoms with E-state index >= 15 is 0 Å². The Morgan fingerprint density at radius 1 is 1.35 bits per heavy atom. The zero-order valence-electron chi connectivity index (χ0n) is 12.3. The normalized spacial score (nSPS) is 12.0. The molecule has 1 heterocycles. The highest BCUT2D eigenvalue weighted by atomic mass is 32.1. The second kappa shape index (κ2) is 6.09. The molecule has 1 amide bonds. The predicted molar refractivity (Wildman–Crippen MR) is 85.6 cm³/mol. The second-order valence-electron chi connectivity index (χ2n) is 4.89. The minimum atomic E-state index is 0.0525. The lowest BCUT2D eigenvalue weighted by molar-refractivity contribution is 0.0745. The summed E-state index contributed by atoms with van der Waals surface area (Å²) in [6, 6.07) is 9.93. The van der Waals surface area contributed by atoms with E-state index in [0.29, 0.717) is 0 Å². The molecule has 4 heteroatoms. The molecule has 1 N–H and O–H groups in total. The van der Waals surface area contributed by atoms with Gasteiger partial charge in [0.15, 0.2) is 0 Å². The lowest BCUT2D eigenvalue weighted by Gasteiger charge is -2.24. The molecule has 1 aromatic heterocycles. The van der Waals surface area contributed by atoms with E-state index in [1.807, 2.05) is 50.7 Å². The van der Waals surface area contributed by atoms with Crippen LogP contribution in [0, 0.1) is 6.92 Å². The number of carbonyl (C=O) groups is 1. The van der Waals surface area contributed by atoms with Crippen molar-refractivity contribution in [2.45, 2.75) is 19.9 Å². The fourth-order valence-corrected chi connectivity index (χ4v) is 3.00. The van der Waals surface area contributed by atoms with Gasteiger partial charge >= 0.3 is 0 Å². The van der Waals surface area contributed by atoms with Gasteiger partial charge in [-0.2, -0.15) is 0 Å². The quantitative estimate of drug-likeness (QED) is 0.924. The number of amides is 1. The molecule has 0 fully saturated rings. The van der Waals surface area contributed by atoms with Crippen LogP contribution in [0.1, 0.15) is 33.8 Å². The van der Waals surface area contributed by atoms with Crippen LogP contribution in [0.25, 0.3) is 0 Å². The second-order valence-corrected chi connectivity index (χ2v) is 5.87. The topological polar surface area (TPSA) is 32.3 Å². The number of benzene rings is 1. The molecule has 0 aliphatic rings. The molecule has 1 atom stereocenters. The van der Waals surface area contributed by atoms with Crippen molar-refractivity contribution in [1.29, 1.82) is 0 Å². The molecule has 0 aliphatic heterocycles. The zero-order chi connectivity index (χ0) is 14.7. The number of aryl methyl sites for hydroxylation is 1. The number of nitrogens with one attached hydrogen (secondary N) is 1. The summed E-state index contributed by atoms with van der Waals surface area (Å²) in [6.45, 7) is 4.06. The van der Waals surface area contributed by atoms with Crippen LogP contribution in [0.15, 0.2) is 35.7 Å². The number of carbonyl (C=O) groups excluding carboxylic acids is 1. The van der Waals surface area contributed by atoms with E-state index in [0.717, 1.165) is 16.8 Å². The van der Waals surface area contributed by atoms with E-state index in [1.165, 1.54) is 4.88 Å². The Labute approximate surface area is 124 Å². The van der Waals surface area contributed by atoms with Crippen LogP contribution in [-0.2, 0) is 0 Å². The first-order chi connectivity index (χ1) is 9.54. The lowest BCUT2D eigenvalue weighted by atomic mass is 10.1. The standard InChI is InChI=1S/C16H20N2OS/c1-11-10-13(7-8-14(11)17-3)16(19)18(4)12(2)15-6-5-9-20-15/h5-10,12,17H,1-4H3. The maximum atomic E-state index is 12.5. The largest absolute Gasteiger partial charge is 0.388 e. The predicted octanol–water partition coefficient (Wildman–Crippen LogP) is 3.93. The SMILES string of the molecule is CNc1ccc(C(=O)N(C)C(C)c2cccs2)cc1C. The highest BCUT2D eigenvalue weighted by Crippen LogP contribution is 2.25. The molecule has 0 bridgehead atoms. The van der Waals surface area contributed by atoms with Crippen LogP contribution in [-0.4, -0.2) is 24.9 Å². The van der Waals surface area contributed by atoms with Crippen molar-refractivity contribution in [2.24, 2.45) is 0 Å². The molecule has 0 saturated heterocycles. The molecule has 3 nitrogen and oxygen atoms in total. The first-order valence-corrected chi connectivity index (χ1v) is 7.51. The average molecular weight is 288 g/mol. The van der Waals surface area contributed by atoms with E-state index in [9.17, 15) is 4.79 Å². The summed E-state index contributed by atoms with van der Waals surface area (Å²) >= 11 is 1.68. The van der Waals surface area contributed by atoms with E-state index in [4.69, 9.17) is 0 Å². The van der Waals surface area contributed by atoms with Gasteiger partial charge in [0.25, 0.3) is 5.91 Å². The van der Waals surface area contributed by atoms with Gasteiger partial charge in [-0.1, -0.05) is 6.07 Å². The third-order valence-electron chi connectivity index (χ3n) is 3.60. The molecule has 0 aliphatic carbocycles. The van der Waals surface area contributed by atoms with Gasteiger partial charge in [-0.3, -0.25) is 4.79 Å².